The summed E-state index contributed by atoms with van der Waals surface area (Å²) in [4.78, 5) is 21.2. The Kier molecular flexibility index (Phi) is 18.4. The maximum absolute atomic E-state index is 10.6. The highest BCUT2D eigenvalue weighted by atomic mass is 16.4. The summed E-state index contributed by atoms with van der Waals surface area (Å²) in [5.41, 5.74) is 3.66. The van der Waals surface area contributed by atoms with Crippen molar-refractivity contribution >= 4 is 12.3 Å². The van der Waals surface area contributed by atoms with Crippen molar-refractivity contribution in [3.05, 3.63) is 11.1 Å². The summed E-state index contributed by atoms with van der Waals surface area (Å²) in [6, 6.07) is 0. The molecular weight excluding hydrogens is 408 g/mol. The van der Waals surface area contributed by atoms with Crippen LogP contribution in [0.3, 0.4) is 0 Å². The summed E-state index contributed by atoms with van der Waals surface area (Å²) in [5, 5.41) is 8.77. The number of rotatable bonds is 22. The molecule has 33 heavy (non-hydrogen) atoms. The predicted octanol–water partition coefficient (Wildman–Crippen LogP) is 9.43. The topological polar surface area (TPSA) is 54.4 Å². The minimum Gasteiger partial charge on any atom is -0.481 e. The van der Waals surface area contributed by atoms with Crippen LogP contribution in [-0.4, -0.2) is 17.4 Å². The van der Waals surface area contributed by atoms with Crippen LogP contribution >= 0.6 is 0 Å². The van der Waals surface area contributed by atoms with Crippen LogP contribution in [0.2, 0.25) is 0 Å². The van der Waals surface area contributed by atoms with Crippen molar-refractivity contribution in [2.45, 2.75) is 155 Å². The molecule has 3 heteroatoms. The fourth-order valence-corrected chi connectivity index (χ4v) is 5.66. The Balaban J connectivity index is 2.55. The number of unbranched alkanes of at least 4 members (excludes halogenated alkanes) is 13. The first-order valence-corrected chi connectivity index (χ1v) is 14.5. The number of hydrogen-bond acceptors (Lipinski definition) is 2. The third-order valence-corrected chi connectivity index (χ3v) is 7.71. The lowest BCUT2D eigenvalue weighted by atomic mass is 9.72. The molecular formula is C30H54O3. The van der Waals surface area contributed by atoms with Crippen LogP contribution < -0.4 is 0 Å². The van der Waals surface area contributed by atoms with E-state index in [9.17, 15) is 9.59 Å². The minimum atomic E-state index is -0.662. The summed E-state index contributed by atoms with van der Waals surface area (Å²) in [5.74, 6) is 0.907. The summed E-state index contributed by atoms with van der Waals surface area (Å²) in [7, 11) is 0. The van der Waals surface area contributed by atoms with Gasteiger partial charge >= 0.3 is 5.97 Å². The predicted molar refractivity (Wildman–Crippen MR) is 141 cm³/mol. The molecule has 0 bridgehead atoms. The standard InChI is InChI=1S/C30H54O3/c1-3-4-5-9-15-20-28-26(2)23-24-27(19-14-10-8-13-18-25-31)29(28)21-16-11-6-7-12-17-22-30(32)33/h25-27H,3-24H2,1-2H3,(H,32,33). The number of allylic oxidation sites excluding steroid dienone is 2. The molecule has 2 unspecified atom stereocenters. The second kappa shape index (κ2) is 20.3. The highest BCUT2D eigenvalue weighted by Crippen LogP contribution is 2.41. The van der Waals surface area contributed by atoms with Gasteiger partial charge in [-0.25, -0.2) is 0 Å². The van der Waals surface area contributed by atoms with E-state index in [4.69, 9.17) is 5.11 Å². The van der Waals surface area contributed by atoms with Crippen LogP contribution in [0.4, 0.5) is 0 Å². The first kappa shape index (κ1) is 29.9. The summed E-state index contributed by atoms with van der Waals surface area (Å²) in [6.07, 6.45) is 27.4. The molecule has 1 aliphatic carbocycles. The molecule has 0 saturated carbocycles. The largest absolute Gasteiger partial charge is 0.481 e. The fraction of sp³-hybridized carbons (Fsp3) is 0.867. The first-order valence-electron chi connectivity index (χ1n) is 14.5. The van der Waals surface area contributed by atoms with Gasteiger partial charge in [-0.2, -0.15) is 0 Å². The van der Waals surface area contributed by atoms with Gasteiger partial charge < -0.3 is 9.90 Å². The molecule has 0 spiro atoms. The molecule has 1 N–H and O–H groups in total. The van der Waals surface area contributed by atoms with E-state index in [0.717, 1.165) is 43.8 Å². The van der Waals surface area contributed by atoms with E-state index in [1.54, 1.807) is 0 Å². The van der Waals surface area contributed by atoms with E-state index in [2.05, 4.69) is 13.8 Å². The molecule has 0 radical (unpaired) electrons. The smallest absolute Gasteiger partial charge is 0.303 e. The molecule has 0 aliphatic heterocycles. The van der Waals surface area contributed by atoms with Gasteiger partial charge in [0.25, 0.3) is 0 Å². The average molecular weight is 463 g/mol. The van der Waals surface area contributed by atoms with Gasteiger partial charge in [-0.1, -0.05) is 95.6 Å². The Morgan fingerprint density at radius 3 is 2.03 bits per heavy atom. The van der Waals surface area contributed by atoms with Crippen molar-refractivity contribution in [2.24, 2.45) is 11.8 Å². The first-order chi connectivity index (χ1) is 16.1. The molecule has 0 aromatic heterocycles. The van der Waals surface area contributed by atoms with E-state index in [1.165, 1.54) is 109 Å². The normalized spacial score (nSPS) is 18.6. The van der Waals surface area contributed by atoms with Crippen molar-refractivity contribution in [3.63, 3.8) is 0 Å². The third kappa shape index (κ3) is 14.7. The summed E-state index contributed by atoms with van der Waals surface area (Å²) < 4.78 is 0. The molecule has 1 aliphatic rings. The van der Waals surface area contributed by atoms with Crippen LogP contribution in [0, 0.1) is 11.8 Å². The Bertz CT molecular complexity index is 537. The molecule has 192 valence electrons. The van der Waals surface area contributed by atoms with Crippen molar-refractivity contribution in [3.8, 4) is 0 Å². The van der Waals surface area contributed by atoms with Gasteiger partial charge in [-0.05, 0) is 69.6 Å². The average Bonchev–Trinajstić information content (AvgIpc) is 2.79. The number of carboxylic acids is 1. The van der Waals surface area contributed by atoms with Gasteiger partial charge in [-0.15, -0.1) is 0 Å². The van der Waals surface area contributed by atoms with Crippen LogP contribution in [0.5, 0.6) is 0 Å². The molecule has 0 fully saturated rings. The number of aldehydes is 1. The number of carbonyl (C=O) groups excluding carboxylic acids is 1. The van der Waals surface area contributed by atoms with E-state index in [-0.39, 0.29) is 0 Å². The molecule has 0 saturated heterocycles. The maximum Gasteiger partial charge on any atom is 0.303 e. The molecule has 0 amide bonds. The van der Waals surface area contributed by atoms with E-state index < -0.39 is 5.97 Å². The number of aliphatic carboxylic acids is 1. The van der Waals surface area contributed by atoms with Gasteiger partial charge in [0.15, 0.2) is 0 Å². The highest BCUT2D eigenvalue weighted by Gasteiger charge is 2.26. The van der Waals surface area contributed by atoms with Crippen molar-refractivity contribution < 1.29 is 14.7 Å². The van der Waals surface area contributed by atoms with Gasteiger partial charge in [0.05, 0.1) is 0 Å². The van der Waals surface area contributed by atoms with Crippen molar-refractivity contribution in [1.29, 1.82) is 0 Å². The van der Waals surface area contributed by atoms with E-state index >= 15 is 0 Å². The lowest BCUT2D eigenvalue weighted by molar-refractivity contribution is -0.137. The zero-order valence-electron chi connectivity index (χ0n) is 22.1. The Morgan fingerprint density at radius 1 is 0.788 bits per heavy atom. The molecule has 0 heterocycles. The monoisotopic (exact) mass is 462 g/mol. The summed E-state index contributed by atoms with van der Waals surface area (Å²) in [6.45, 7) is 4.76. The van der Waals surface area contributed by atoms with Gasteiger partial charge in [-0.3, -0.25) is 4.79 Å². The van der Waals surface area contributed by atoms with E-state index in [1.807, 2.05) is 11.1 Å². The van der Waals surface area contributed by atoms with Crippen LogP contribution in [0.25, 0.3) is 0 Å². The van der Waals surface area contributed by atoms with Gasteiger partial charge in [0, 0.05) is 12.8 Å². The quantitative estimate of drug-likeness (QED) is 0.0990. The molecule has 0 aromatic rings. The van der Waals surface area contributed by atoms with Crippen molar-refractivity contribution in [2.75, 3.05) is 0 Å². The van der Waals surface area contributed by atoms with Gasteiger partial charge in [0.1, 0.15) is 6.29 Å². The van der Waals surface area contributed by atoms with E-state index in [0.29, 0.717) is 6.42 Å². The fourth-order valence-electron chi connectivity index (χ4n) is 5.66. The zero-order chi connectivity index (χ0) is 24.2. The van der Waals surface area contributed by atoms with Crippen LogP contribution in [0.1, 0.15) is 155 Å². The summed E-state index contributed by atoms with van der Waals surface area (Å²) >= 11 is 0. The number of hydrogen-bond donors (Lipinski definition) is 1. The SMILES string of the molecule is CCCCCCCC1=C(CCCCCCCCC(=O)O)C(CCCCCCC=O)CCC1C. The minimum absolute atomic E-state index is 0.323. The molecule has 1 rings (SSSR count). The lowest BCUT2D eigenvalue weighted by Gasteiger charge is -2.34. The third-order valence-electron chi connectivity index (χ3n) is 7.71. The second-order valence-corrected chi connectivity index (χ2v) is 10.6. The molecule has 3 nitrogen and oxygen atoms in total. The molecule has 0 aromatic carbocycles. The Hall–Kier alpha value is -1.12. The zero-order valence-corrected chi connectivity index (χ0v) is 22.1. The highest BCUT2D eigenvalue weighted by molar-refractivity contribution is 5.66. The Morgan fingerprint density at radius 2 is 1.36 bits per heavy atom. The van der Waals surface area contributed by atoms with Crippen LogP contribution in [0.15, 0.2) is 11.1 Å². The lowest BCUT2D eigenvalue weighted by Crippen LogP contribution is -2.19. The van der Waals surface area contributed by atoms with Gasteiger partial charge in [0.2, 0.25) is 0 Å². The van der Waals surface area contributed by atoms with Crippen LogP contribution in [-0.2, 0) is 9.59 Å². The maximum atomic E-state index is 10.6. The second-order valence-electron chi connectivity index (χ2n) is 10.6. The number of carbonyl (C=O) groups is 2. The molecule has 2 atom stereocenters. The Labute approximate surface area is 205 Å². The van der Waals surface area contributed by atoms with Crippen molar-refractivity contribution in [1.82, 2.24) is 0 Å². The number of carboxylic acid groups (broad SMARTS) is 1.